The molecule has 0 atom stereocenters. The number of aromatic nitrogens is 5. The van der Waals surface area contributed by atoms with Crippen molar-refractivity contribution in [3.05, 3.63) is 81.4 Å². The Hall–Kier alpha value is -3.76. The van der Waals surface area contributed by atoms with Gasteiger partial charge in [-0.1, -0.05) is 30.3 Å². The molecule has 0 aliphatic rings. The van der Waals surface area contributed by atoms with Gasteiger partial charge in [-0.3, -0.25) is 15.0 Å². The number of amides is 1. The lowest BCUT2D eigenvalue weighted by molar-refractivity contribution is 0.100. The number of aryl methyl sites for hydroxylation is 1. The highest BCUT2D eigenvalue weighted by molar-refractivity contribution is 7.19. The van der Waals surface area contributed by atoms with Crippen LogP contribution in [-0.2, 0) is 0 Å². The molecule has 152 valence electrons. The normalized spacial score (nSPS) is 11.0. The SMILES string of the molecule is Cc1sc2ncn(NC(=O)c3csc(-c4ncccn4)n3)c(=O)c2c1-c1ccccc1. The molecule has 4 heterocycles. The lowest BCUT2D eigenvalue weighted by Crippen LogP contribution is -2.33. The monoisotopic (exact) mass is 446 g/mol. The van der Waals surface area contributed by atoms with Gasteiger partial charge in [0, 0.05) is 28.2 Å². The van der Waals surface area contributed by atoms with Crippen LogP contribution in [0.25, 0.3) is 32.2 Å². The molecule has 0 radical (unpaired) electrons. The lowest BCUT2D eigenvalue weighted by atomic mass is 10.0. The molecule has 10 heteroatoms. The lowest BCUT2D eigenvalue weighted by Gasteiger charge is -2.07. The summed E-state index contributed by atoms with van der Waals surface area (Å²) in [5.74, 6) is -0.0806. The van der Waals surface area contributed by atoms with Gasteiger partial charge in [0.1, 0.15) is 16.9 Å². The molecule has 4 aromatic heterocycles. The average molecular weight is 447 g/mol. The smallest absolute Gasteiger partial charge is 0.267 e. The second-order valence-corrected chi connectivity index (χ2v) is 8.61. The highest BCUT2D eigenvalue weighted by Gasteiger charge is 2.19. The van der Waals surface area contributed by atoms with E-state index in [1.807, 2.05) is 37.3 Å². The zero-order valence-electron chi connectivity index (χ0n) is 16.1. The van der Waals surface area contributed by atoms with Crippen molar-refractivity contribution in [2.24, 2.45) is 0 Å². The van der Waals surface area contributed by atoms with E-state index in [1.54, 1.807) is 23.8 Å². The van der Waals surface area contributed by atoms with Crippen molar-refractivity contribution in [3.63, 3.8) is 0 Å². The molecular weight excluding hydrogens is 432 g/mol. The van der Waals surface area contributed by atoms with Crippen LogP contribution in [0.5, 0.6) is 0 Å². The first kappa shape index (κ1) is 19.2. The van der Waals surface area contributed by atoms with Gasteiger partial charge in [-0.25, -0.2) is 24.6 Å². The van der Waals surface area contributed by atoms with E-state index >= 15 is 0 Å². The van der Waals surface area contributed by atoms with Crippen LogP contribution in [0, 0.1) is 6.92 Å². The number of hydrogen-bond donors (Lipinski definition) is 1. The van der Waals surface area contributed by atoms with Crippen LogP contribution in [0.4, 0.5) is 0 Å². The number of benzene rings is 1. The zero-order chi connectivity index (χ0) is 21.4. The summed E-state index contributed by atoms with van der Waals surface area (Å²) in [6.45, 7) is 1.96. The fourth-order valence-corrected chi connectivity index (χ4v) is 4.94. The Morgan fingerprint density at radius 1 is 1.06 bits per heavy atom. The summed E-state index contributed by atoms with van der Waals surface area (Å²) in [6.07, 6.45) is 4.54. The molecule has 0 spiro atoms. The van der Waals surface area contributed by atoms with Crippen LogP contribution >= 0.6 is 22.7 Å². The summed E-state index contributed by atoms with van der Waals surface area (Å²) in [5.41, 5.74) is 4.17. The van der Waals surface area contributed by atoms with E-state index in [2.05, 4.69) is 25.4 Å². The fraction of sp³-hybridized carbons (Fsp3) is 0.0476. The third-order valence-corrected chi connectivity index (χ3v) is 6.42. The van der Waals surface area contributed by atoms with Gasteiger partial charge in [-0.15, -0.1) is 22.7 Å². The van der Waals surface area contributed by atoms with Crippen molar-refractivity contribution in [1.82, 2.24) is 24.6 Å². The molecule has 1 amide bonds. The van der Waals surface area contributed by atoms with Crippen molar-refractivity contribution < 1.29 is 4.79 Å². The summed E-state index contributed by atoms with van der Waals surface area (Å²) in [7, 11) is 0. The quantitative estimate of drug-likeness (QED) is 0.451. The van der Waals surface area contributed by atoms with E-state index in [1.165, 1.54) is 29.0 Å². The molecule has 1 N–H and O–H groups in total. The summed E-state index contributed by atoms with van der Waals surface area (Å²) in [6, 6.07) is 11.4. The predicted octanol–water partition coefficient (Wildman–Crippen LogP) is 3.73. The molecule has 8 nitrogen and oxygen atoms in total. The molecule has 1 aromatic carbocycles. The molecule has 0 saturated carbocycles. The van der Waals surface area contributed by atoms with E-state index in [4.69, 9.17) is 0 Å². The molecule has 31 heavy (non-hydrogen) atoms. The first-order valence-electron chi connectivity index (χ1n) is 9.22. The van der Waals surface area contributed by atoms with Crippen LogP contribution in [0.2, 0.25) is 0 Å². The Kier molecular flexibility index (Phi) is 4.85. The number of nitrogens with zero attached hydrogens (tertiary/aromatic N) is 5. The number of fused-ring (bicyclic) bond motifs is 1. The number of rotatable bonds is 4. The van der Waals surface area contributed by atoms with Crippen molar-refractivity contribution in [2.45, 2.75) is 6.92 Å². The molecule has 5 rings (SSSR count). The number of thiazole rings is 1. The highest BCUT2D eigenvalue weighted by atomic mass is 32.1. The number of carbonyl (C=O) groups excluding carboxylic acids is 1. The highest BCUT2D eigenvalue weighted by Crippen LogP contribution is 2.35. The zero-order valence-corrected chi connectivity index (χ0v) is 17.8. The predicted molar refractivity (Wildman–Crippen MR) is 121 cm³/mol. The minimum Gasteiger partial charge on any atom is -0.267 e. The Labute approximate surface area is 183 Å². The third kappa shape index (κ3) is 3.51. The van der Waals surface area contributed by atoms with Gasteiger partial charge in [0.25, 0.3) is 11.5 Å². The molecular formula is C21H14N6O2S2. The van der Waals surface area contributed by atoms with E-state index in [-0.39, 0.29) is 11.3 Å². The van der Waals surface area contributed by atoms with Gasteiger partial charge in [0.15, 0.2) is 10.8 Å². The minimum atomic E-state index is -0.519. The first-order valence-corrected chi connectivity index (χ1v) is 10.9. The van der Waals surface area contributed by atoms with Crippen LogP contribution in [0.3, 0.4) is 0 Å². The van der Waals surface area contributed by atoms with E-state index in [0.29, 0.717) is 21.0 Å². The van der Waals surface area contributed by atoms with Crippen molar-refractivity contribution in [3.8, 4) is 22.0 Å². The molecule has 0 bridgehead atoms. The first-order chi connectivity index (χ1) is 15.1. The molecule has 0 aliphatic heterocycles. The van der Waals surface area contributed by atoms with E-state index in [9.17, 15) is 9.59 Å². The Bertz CT molecular complexity index is 1460. The Morgan fingerprint density at radius 2 is 1.84 bits per heavy atom. The maximum absolute atomic E-state index is 13.2. The van der Waals surface area contributed by atoms with E-state index < -0.39 is 5.91 Å². The maximum atomic E-state index is 13.2. The number of thiophene rings is 1. The Balaban J connectivity index is 1.50. The summed E-state index contributed by atoms with van der Waals surface area (Å²) < 4.78 is 1.10. The average Bonchev–Trinajstić information content (AvgIpc) is 3.42. The van der Waals surface area contributed by atoms with Gasteiger partial charge in [-0.05, 0) is 18.6 Å². The van der Waals surface area contributed by atoms with Crippen molar-refractivity contribution >= 4 is 38.8 Å². The fourth-order valence-electron chi connectivity index (χ4n) is 3.19. The van der Waals surface area contributed by atoms with Gasteiger partial charge >= 0.3 is 0 Å². The summed E-state index contributed by atoms with van der Waals surface area (Å²) >= 11 is 2.70. The third-order valence-electron chi connectivity index (χ3n) is 4.57. The van der Waals surface area contributed by atoms with E-state index in [0.717, 1.165) is 20.7 Å². The molecule has 5 aromatic rings. The number of carbonyl (C=O) groups is 1. The number of hydrogen-bond acceptors (Lipinski definition) is 8. The summed E-state index contributed by atoms with van der Waals surface area (Å²) in [4.78, 5) is 44.5. The topological polar surface area (TPSA) is 103 Å². The van der Waals surface area contributed by atoms with Crippen LogP contribution in [0.15, 0.2) is 65.3 Å². The number of nitrogens with one attached hydrogen (secondary N) is 1. The van der Waals surface area contributed by atoms with Crippen molar-refractivity contribution in [2.75, 3.05) is 5.43 Å². The van der Waals surface area contributed by atoms with Crippen molar-refractivity contribution in [1.29, 1.82) is 0 Å². The van der Waals surface area contributed by atoms with Gasteiger partial charge in [-0.2, -0.15) is 0 Å². The standard InChI is InChI=1S/C21H14N6O2S2/c1-12-15(13-6-3-2-4-7-13)16-19(31-12)24-11-27(21(16)29)26-18(28)14-10-30-20(25-14)17-22-8-5-9-23-17/h2-11H,1H3,(H,26,28). The molecule has 0 aliphatic carbocycles. The van der Waals surface area contributed by atoms with Gasteiger partial charge < -0.3 is 0 Å². The maximum Gasteiger partial charge on any atom is 0.289 e. The second kappa shape index (κ2) is 7.82. The van der Waals surface area contributed by atoms with Gasteiger partial charge in [0.05, 0.1) is 5.39 Å². The largest absolute Gasteiger partial charge is 0.289 e. The summed E-state index contributed by atoms with van der Waals surface area (Å²) in [5, 5.41) is 2.60. The Morgan fingerprint density at radius 3 is 2.61 bits per heavy atom. The molecule has 0 fully saturated rings. The minimum absolute atomic E-state index is 0.171. The second-order valence-electron chi connectivity index (χ2n) is 6.55. The molecule has 0 saturated heterocycles. The van der Waals surface area contributed by atoms with Crippen LogP contribution < -0.4 is 11.0 Å². The van der Waals surface area contributed by atoms with Gasteiger partial charge in [0.2, 0.25) is 0 Å². The van der Waals surface area contributed by atoms with Crippen LogP contribution in [0.1, 0.15) is 15.4 Å². The van der Waals surface area contributed by atoms with Crippen LogP contribution in [-0.4, -0.2) is 30.5 Å². The molecule has 0 unspecified atom stereocenters.